The normalized spacial score (nSPS) is 15.4. The van der Waals surface area contributed by atoms with E-state index in [4.69, 9.17) is 0 Å². The Hall–Kier alpha value is -2.63. The van der Waals surface area contributed by atoms with Crippen molar-refractivity contribution in [3.05, 3.63) is 48.4 Å². The van der Waals surface area contributed by atoms with Gasteiger partial charge in [-0.1, -0.05) is 0 Å². The minimum atomic E-state index is -0.951. The Morgan fingerprint density at radius 3 is 2.65 bits per heavy atom. The zero-order valence-corrected chi connectivity index (χ0v) is 12.9. The molecular weight excluding hydrogens is 292 g/mol. The zero-order valence-electron chi connectivity index (χ0n) is 12.9. The molecule has 6 nitrogen and oxygen atoms in total. The molecule has 0 unspecified atom stereocenters. The molecule has 0 aliphatic carbocycles. The van der Waals surface area contributed by atoms with Gasteiger partial charge in [-0.15, -0.1) is 0 Å². The van der Waals surface area contributed by atoms with E-state index in [1.165, 1.54) is 5.69 Å². The first-order valence-corrected chi connectivity index (χ1v) is 7.81. The van der Waals surface area contributed by atoms with Crippen LogP contribution in [-0.4, -0.2) is 40.7 Å². The van der Waals surface area contributed by atoms with Crippen molar-refractivity contribution in [2.75, 3.05) is 29.9 Å². The van der Waals surface area contributed by atoms with Crippen molar-refractivity contribution >= 4 is 17.5 Å². The van der Waals surface area contributed by atoms with Gasteiger partial charge in [0.15, 0.2) is 0 Å². The lowest BCUT2D eigenvalue weighted by molar-refractivity contribution is 0.0697. The lowest BCUT2D eigenvalue weighted by Gasteiger charge is -2.33. The molecule has 0 spiro atoms. The summed E-state index contributed by atoms with van der Waals surface area (Å²) in [5.41, 5.74) is 1.44. The minimum Gasteiger partial charge on any atom is -0.478 e. The maximum absolute atomic E-state index is 11.2. The first-order valence-electron chi connectivity index (χ1n) is 7.81. The van der Waals surface area contributed by atoms with Crippen molar-refractivity contribution in [2.24, 2.45) is 5.92 Å². The van der Waals surface area contributed by atoms with Crippen LogP contribution >= 0.6 is 0 Å². The number of carboxylic acid groups (broad SMARTS) is 1. The summed E-state index contributed by atoms with van der Waals surface area (Å²) in [6.45, 7) is 2.76. The van der Waals surface area contributed by atoms with Crippen molar-refractivity contribution in [2.45, 2.75) is 12.8 Å². The number of rotatable bonds is 5. The third-order valence-electron chi connectivity index (χ3n) is 4.24. The highest BCUT2D eigenvalue weighted by atomic mass is 16.4. The standard InChI is InChI=1S/C17H20N4O2/c22-17(23)15-2-1-7-19-16(15)20-12-13-5-10-21(11-6-13)14-3-8-18-9-4-14/h1-4,7-9,13H,5-6,10-12H2,(H,19,20)(H,22,23). The van der Waals surface area contributed by atoms with E-state index in [-0.39, 0.29) is 5.56 Å². The van der Waals surface area contributed by atoms with Crippen molar-refractivity contribution in [3.8, 4) is 0 Å². The van der Waals surface area contributed by atoms with Gasteiger partial charge >= 0.3 is 5.97 Å². The monoisotopic (exact) mass is 312 g/mol. The molecule has 0 amide bonds. The Morgan fingerprint density at radius 1 is 1.22 bits per heavy atom. The van der Waals surface area contributed by atoms with Gasteiger partial charge in [-0.05, 0) is 43.0 Å². The molecule has 2 aromatic heterocycles. The molecule has 1 fully saturated rings. The summed E-state index contributed by atoms with van der Waals surface area (Å²) < 4.78 is 0. The number of aromatic nitrogens is 2. The molecule has 2 N–H and O–H groups in total. The van der Waals surface area contributed by atoms with E-state index in [0.29, 0.717) is 11.7 Å². The van der Waals surface area contributed by atoms with Crippen LogP contribution in [0.15, 0.2) is 42.9 Å². The molecule has 6 heteroatoms. The molecule has 120 valence electrons. The number of anilines is 2. The van der Waals surface area contributed by atoms with Crippen molar-refractivity contribution in [1.82, 2.24) is 9.97 Å². The molecule has 3 rings (SSSR count). The number of carbonyl (C=O) groups is 1. The van der Waals surface area contributed by atoms with Crippen LogP contribution in [0, 0.1) is 5.92 Å². The number of hydrogen-bond acceptors (Lipinski definition) is 5. The summed E-state index contributed by atoms with van der Waals surface area (Å²) in [5.74, 6) is 0.0291. The fourth-order valence-electron chi connectivity index (χ4n) is 2.91. The Kier molecular flexibility index (Phi) is 4.71. The molecule has 0 bridgehead atoms. The Balaban J connectivity index is 1.53. The van der Waals surface area contributed by atoms with Crippen LogP contribution in [0.4, 0.5) is 11.5 Å². The summed E-state index contributed by atoms with van der Waals surface area (Å²) in [6, 6.07) is 7.28. The van der Waals surface area contributed by atoms with Crippen LogP contribution < -0.4 is 10.2 Å². The first kappa shape index (κ1) is 15.3. The summed E-state index contributed by atoms with van der Waals surface area (Å²) in [5, 5.41) is 12.4. The van der Waals surface area contributed by atoms with Gasteiger partial charge in [0.05, 0.1) is 0 Å². The van der Waals surface area contributed by atoms with Gasteiger partial charge in [0.25, 0.3) is 0 Å². The molecule has 2 aromatic rings. The minimum absolute atomic E-state index is 0.224. The van der Waals surface area contributed by atoms with Crippen LogP contribution in [-0.2, 0) is 0 Å². The number of nitrogens with one attached hydrogen (secondary N) is 1. The summed E-state index contributed by atoms with van der Waals surface area (Å²) in [4.78, 5) is 21.7. The second kappa shape index (κ2) is 7.09. The van der Waals surface area contributed by atoms with Gasteiger partial charge in [-0.25, -0.2) is 9.78 Å². The topological polar surface area (TPSA) is 78.3 Å². The number of piperidine rings is 1. The fourth-order valence-corrected chi connectivity index (χ4v) is 2.91. The SMILES string of the molecule is O=C(O)c1cccnc1NCC1CCN(c2ccncc2)CC1. The smallest absolute Gasteiger partial charge is 0.339 e. The highest BCUT2D eigenvalue weighted by molar-refractivity contribution is 5.92. The maximum Gasteiger partial charge on any atom is 0.339 e. The van der Waals surface area contributed by atoms with Gasteiger partial charge in [0.2, 0.25) is 0 Å². The third kappa shape index (κ3) is 3.77. The number of aromatic carboxylic acids is 1. The van der Waals surface area contributed by atoms with Crippen LogP contribution in [0.25, 0.3) is 0 Å². The number of carboxylic acids is 1. The first-order chi connectivity index (χ1) is 11.2. The molecule has 1 saturated heterocycles. The van der Waals surface area contributed by atoms with E-state index < -0.39 is 5.97 Å². The molecular formula is C17H20N4O2. The summed E-state index contributed by atoms with van der Waals surface area (Å²) in [7, 11) is 0. The van der Waals surface area contributed by atoms with Gasteiger partial charge in [-0.3, -0.25) is 4.98 Å². The maximum atomic E-state index is 11.2. The van der Waals surface area contributed by atoms with E-state index in [9.17, 15) is 9.90 Å². The van der Waals surface area contributed by atoms with Crippen LogP contribution in [0.3, 0.4) is 0 Å². The Morgan fingerprint density at radius 2 is 1.96 bits per heavy atom. The zero-order chi connectivity index (χ0) is 16.1. The van der Waals surface area contributed by atoms with Gasteiger partial charge < -0.3 is 15.3 Å². The average Bonchev–Trinajstić information content (AvgIpc) is 2.61. The number of pyridine rings is 2. The quantitative estimate of drug-likeness (QED) is 0.883. The Bertz CT molecular complexity index is 655. The second-order valence-corrected chi connectivity index (χ2v) is 5.72. The van der Waals surface area contributed by atoms with Crippen molar-refractivity contribution in [1.29, 1.82) is 0 Å². The average molecular weight is 312 g/mol. The number of hydrogen-bond donors (Lipinski definition) is 2. The Labute approximate surface area is 135 Å². The van der Waals surface area contributed by atoms with Crippen molar-refractivity contribution in [3.63, 3.8) is 0 Å². The third-order valence-corrected chi connectivity index (χ3v) is 4.24. The second-order valence-electron chi connectivity index (χ2n) is 5.72. The summed E-state index contributed by atoms with van der Waals surface area (Å²) in [6.07, 6.45) is 7.39. The highest BCUT2D eigenvalue weighted by Gasteiger charge is 2.20. The van der Waals surface area contributed by atoms with Gasteiger partial charge in [0, 0.05) is 43.9 Å². The lowest BCUT2D eigenvalue weighted by atomic mass is 9.96. The predicted molar refractivity (Wildman–Crippen MR) is 88.9 cm³/mol. The van der Waals surface area contributed by atoms with Crippen LogP contribution in [0.5, 0.6) is 0 Å². The van der Waals surface area contributed by atoms with E-state index >= 15 is 0 Å². The van der Waals surface area contributed by atoms with E-state index in [1.54, 1.807) is 18.3 Å². The molecule has 23 heavy (non-hydrogen) atoms. The van der Waals surface area contributed by atoms with Gasteiger partial charge in [-0.2, -0.15) is 0 Å². The molecule has 0 radical (unpaired) electrons. The fraction of sp³-hybridized carbons (Fsp3) is 0.353. The molecule has 0 aromatic carbocycles. The lowest BCUT2D eigenvalue weighted by Crippen LogP contribution is -2.36. The molecule has 3 heterocycles. The van der Waals surface area contributed by atoms with Crippen LogP contribution in [0.1, 0.15) is 23.2 Å². The largest absolute Gasteiger partial charge is 0.478 e. The molecule has 1 aliphatic rings. The van der Waals surface area contributed by atoms with E-state index in [0.717, 1.165) is 32.5 Å². The summed E-state index contributed by atoms with van der Waals surface area (Å²) >= 11 is 0. The molecule has 1 aliphatic heterocycles. The highest BCUT2D eigenvalue weighted by Crippen LogP contribution is 2.23. The predicted octanol–water partition coefficient (Wildman–Crippen LogP) is 2.50. The van der Waals surface area contributed by atoms with E-state index in [1.807, 2.05) is 24.5 Å². The number of nitrogens with zero attached hydrogens (tertiary/aromatic N) is 3. The molecule has 0 saturated carbocycles. The van der Waals surface area contributed by atoms with Crippen molar-refractivity contribution < 1.29 is 9.90 Å². The van der Waals surface area contributed by atoms with Gasteiger partial charge in [0.1, 0.15) is 11.4 Å². The van der Waals surface area contributed by atoms with E-state index in [2.05, 4.69) is 20.2 Å². The van der Waals surface area contributed by atoms with Crippen LogP contribution in [0.2, 0.25) is 0 Å². The molecule has 0 atom stereocenters.